The number of nitrogens with zero attached hydrogens (tertiary/aromatic N) is 2. The van der Waals surface area contributed by atoms with Gasteiger partial charge in [-0.15, -0.1) is 0 Å². The van der Waals surface area contributed by atoms with E-state index in [4.69, 9.17) is 18.9 Å². The van der Waals surface area contributed by atoms with E-state index in [-0.39, 0.29) is 49.7 Å². The minimum Gasteiger partial charge on any atom is -0.493 e. The molecule has 3 N–H and O–H groups in total. The Hall–Kier alpha value is -4.74. The maximum Gasteiger partial charge on any atom is 0.258 e. The zero-order valence-electron chi connectivity index (χ0n) is 22.3. The van der Waals surface area contributed by atoms with Crippen LogP contribution in [0.15, 0.2) is 48.8 Å². The third kappa shape index (κ3) is 6.11. The SMILES string of the molecule is COc1ccc2cc1OCC(=O)NCc1ccc(c(OC)c1)O[C@H]1CN(C(=O)CCc3cn[nH]c3)C[C@@H]1NC2=O. The van der Waals surface area contributed by atoms with Crippen LogP contribution in [-0.2, 0) is 22.6 Å². The summed E-state index contributed by atoms with van der Waals surface area (Å²) in [7, 11) is 3.01. The largest absolute Gasteiger partial charge is 0.493 e. The molecule has 210 valence electrons. The van der Waals surface area contributed by atoms with E-state index < -0.39 is 12.1 Å². The van der Waals surface area contributed by atoms with Crippen molar-refractivity contribution in [3.8, 4) is 23.0 Å². The van der Waals surface area contributed by atoms with Gasteiger partial charge >= 0.3 is 0 Å². The summed E-state index contributed by atoms with van der Waals surface area (Å²) in [5, 5.41) is 12.5. The molecule has 6 rings (SSSR count). The predicted molar refractivity (Wildman–Crippen MR) is 142 cm³/mol. The minimum absolute atomic E-state index is 0.0492. The number of benzene rings is 2. The summed E-state index contributed by atoms with van der Waals surface area (Å²) in [5.74, 6) is 0.816. The van der Waals surface area contributed by atoms with Gasteiger partial charge in [-0.3, -0.25) is 19.5 Å². The number of H-pyrrole nitrogens is 1. The van der Waals surface area contributed by atoms with Crippen molar-refractivity contribution in [2.75, 3.05) is 33.9 Å². The van der Waals surface area contributed by atoms with Gasteiger partial charge in [0, 0.05) is 31.3 Å². The predicted octanol–water partition coefficient (Wildman–Crippen LogP) is 1.46. The molecule has 3 aliphatic heterocycles. The molecule has 4 bridgehead atoms. The zero-order valence-corrected chi connectivity index (χ0v) is 22.3. The molecule has 0 saturated carbocycles. The number of fused-ring (bicyclic) bond motifs is 7. The number of carbonyl (C=O) groups is 3. The lowest BCUT2D eigenvalue weighted by molar-refractivity contribution is -0.130. The first-order valence-corrected chi connectivity index (χ1v) is 12.9. The van der Waals surface area contributed by atoms with Gasteiger partial charge in [0.2, 0.25) is 5.91 Å². The van der Waals surface area contributed by atoms with E-state index in [0.717, 1.165) is 11.1 Å². The number of methoxy groups -OCH3 is 2. The second kappa shape index (κ2) is 12.0. The van der Waals surface area contributed by atoms with Crippen LogP contribution in [0.2, 0.25) is 0 Å². The van der Waals surface area contributed by atoms with Crippen LogP contribution < -0.4 is 29.6 Å². The molecular formula is C28H31N5O7. The van der Waals surface area contributed by atoms with Crippen molar-refractivity contribution < 1.29 is 33.3 Å². The Kier molecular flexibility index (Phi) is 8.04. The maximum absolute atomic E-state index is 13.4. The highest BCUT2D eigenvalue weighted by molar-refractivity contribution is 5.95. The quantitative estimate of drug-likeness (QED) is 0.434. The van der Waals surface area contributed by atoms with E-state index in [1.165, 1.54) is 20.3 Å². The van der Waals surface area contributed by atoms with Gasteiger partial charge < -0.3 is 34.5 Å². The number of aromatic amines is 1. The number of ether oxygens (including phenoxy) is 4. The summed E-state index contributed by atoms with van der Waals surface area (Å²) >= 11 is 0. The number of carbonyl (C=O) groups excluding carboxylic acids is 3. The molecule has 2 aromatic carbocycles. The summed E-state index contributed by atoms with van der Waals surface area (Å²) in [6.07, 6.45) is 3.77. The van der Waals surface area contributed by atoms with Crippen LogP contribution in [0.25, 0.3) is 0 Å². The van der Waals surface area contributed by atoms with Gasteiger partial charge in [0.25, 0.3) is 11.8 Å². The molecule has 1 aromatic heterocycles. The highest BCUT2D eigenvalue weighted by Gasteiger charge is 2.38. The Bertz CT molecular complexity index is 1380. The van der Waals surface area contributed by atoms with Crippen LogP contribution in [0, 0.1) is 0 Å². The van der Waals surface area contributed by atoms with Gasteiger partial charge in [0.1, 0.15) is 6.10 Å². The Morgan fingerprint density at radius 2 is 1.93 bits per heavy atom. The molecule has 0 aliphatic carbocycles. The molecule has 0 radical (unpaired) electrons. The van der Waals surface area contributed by atoms with Gasteiger partial charge in [0.05, 0.1) is 33.0 Å². The average Bonchev–Trinajstić information content (AvgIpc) is 3.64. The minimum atomic E-state index is -0.536. The van der Waals surface area contributed by atoms with Crippen LogP contribution in [0.3, 0.4) is 0 Å². The molecule has 1 saturated heterocycles. The van der Waals surface area contributed by atoms with Crippen LogP contribution >= 0.6 is 0 Å². The van der Waals surface area contributed by atoms with Gasteiger partial charge in [-0.1, -0.05) is 6.07 Å². The molecule has 12 heteroatoms. The number of hydrogen-bond acceptors (Lipinski definition) is 8. The van der Waals surface area contributed by atoms with Crippen molar-refractivity contribution in [1.29, 1.82) is 0 Å². The molecule has 1 fully saturated rings. The first kappa shape index (κ1) is 26.9. The number of rotatable bonds is 5. The first-order chi connectivity index (χ1) is 19.4. The Labute approximate surface area is 230 Å². The number of aromatic nitrogens is 2. The molecule has 4 heterocycles. The fourth-order valence-electron chi connectivity index (χ4n) is 4.72. The van der Waals surface area contributed by atoms with Gasteiger partial charge in [-0.2, -0.15) is 5.10 Å². The zero-order chi connectivity index (χ0) is 28.1. The van der Waals surface area contributed by atoms with E-state index in [2.05, 4.69) is 20.8 Å². The third-order valence-corrected chi connectivity index (χ3v) is 6.90. The molecule has 3 aromatic rings. The Morgan fingerprint density at radius 3 is 2.70 bits per heavy atom. The fraction of sp³-hybridized carbons (Fsp3) is 0.357. The van der Waals surface area contributed by atoms with E-state index >= 15 is 0 Å². The third-order valence-electron chi connectivity index (χ3n) is 6.90. The highest BCUT2D eigenvalue weighted by atomic mass is 16.5. The lowest BCUT2D eigenvalue weighted by atomic mass is 10.1. The molecule has 0 spiro atoms. The van der Waals surface area contributed by atoms with Crippen molar-refractivity contribution in [3.05, 3.63) is 65.5 Å². The number of hydrogen-bond donors (Lipinski definition) is 3. The van der Waals surface area contributed by atoms with Gasteiger partial charge in [-0.05, 0) is 47.9 Å². The highest BCUT2D eigenvalue weighted by Crippen LogP contribution is 2.32. The summed E-state index contributed by atoms with van der Waals surface area (Å²) in [4.78, 5) is 40.6. The van der Waals surface area contributed by atoms with Gasteiger partial charge in [0.15, 0.2) is 29.6 Å². The summed E-state index contributed by atoms with van der Waals surface area (Å²) in [5.41, 5.74) is 2.05. The molecule has 3 aliphatic rings. The second-order valence-corrected chi connectivity index (χ2v) is 9.56. The fourth-order valence-corrected chi connectivity index (χ4v) is 4.72. The number of aryl methyl sites for hydroxylation is 1. The Balaban J connectivity index is 1.42. The second-order valence-electron chi connectivity index (χ2n) is 9.56. The van der Waals surface area contributed by atoms with Crippen molar-refractivity contribution >= 4 is 17.7 Å². The van der Waals surface area contributed by atoms with Crippen molar-refractivity contribution in [2.45, 2.75) is 31.5 Å². The summed E-state index contributed by atoms with van der Waals surface area (Å²) < 4.78 is 22.9. The normalized spacial score (nSPS) is 19.0. The first-order valence-electron chi connectivity index (χ1n) is 12.9. The summed E-state index contributed by atoms with van der Waals surface area (Å²) in [6.45, 7) is 0.549. The summed E-state index contributed by atoms with van der Waals surface area (Å²) in [6, 6.07) is 9.59. The van der Waals surface area contributed by atoms with Crippen molar-refractivity contribution in [3.63, 3.8) is 0 Å². The van der Waals surface area contributed by atoms with E-state index in [1.54, 1.807) is 41.6 Å². The number of amides is 3. The average molecular weight is 550 g/mol. The van der Waals surface area contributed by atoms with Crippen LogP contribution in [0.4, 0.5) is 0 Å². The number of nitrogens with one attached hydrogen (secondary N) is 3. The molecule has 40 heavy (non-hydrogen) atoms. The topological polar surface area (TPSA) is 144 Å². The standard InChI is InChI=1S/C28H31N5O7/c1-37-21-7-5-19-10-24(21)39-16-26(34)29-11-17-3-6-22(23(9-17)38-2)40-25-15-33(14-20(25)32-28(19)36)27(35)8-4-18-12-30-31-13-18/h3,5-7,9-10,12-13,20,25H,4,8,11,14-16H2,1-2H3,(H,29,34)(H,30,31)(H,32,36)/t20-,25-/m0/s1. The lowest BCUT2D eigenvalue weighted by Gasteiger charge is -2.22. The van der Waals surface area contributed by atoms with E-state index in [1.807, 2.05) is 6.07 Å². The molecule has 2 atom stereocenters. The van der Waals surface area contributed by atoms with Crippen LogP contribution in [0.5, 0.6) is 23.0 Å². The van der Waals surface area contributed by atoms with Crippen LogP contribution in [-0.4, -0.2) is 78.9 Å². The smallest absolute Gasteiger partial charge is 0.258 e. The van der Waals surface area contributed by atoms with Crippen molar-refractivity contribution in [1.82, 2.24) is 25.7 Å². The Morgan fingerprint density at radius 1 is 1.07 bits per heavy atom. The van der Waals surface area contributed by atoms with Gasteiger partial charge in [-0.25, -0.2) is 0 Å². The molecule has 0 unspecified atom stereocenters. The van der Waals surface area contributed by atoms with Crippen LogP contribution in [0.1, 0.15) is 27.9 Å². The van der Waals surface area contributed by atoms with E-state index in [0.29, 0.717) is 35.7 Å². The maximum atomic E-state index is 13.4. The monoisotopic (exact) mass is 549 g/mol. The van der Waals surface area contributed by atoms with Crippen molar-refractivity contribution in [2.24, 2.45) is 0 Å². The number of likely N-dealkylation sites (tertiary alicyclic amines) is 1. The molecular weight excluding hydrogens is 518 g/mol. The molecule has 3 amide bonds. The molecule has 12 nitrogen and oxygen atoms in total. The van der Waals surface area contributed by atoms with E-state index in [9.17, 15) is 14.4 Å². The lowest BCUT2D eigenvalue weighted by Crippen LogP contribution is -2.45.